The Morgan fingerprint density at radius 3 is 2.92 bits per heavy atom. The summed E-state index contributed by atoms with van der Waals surface area (Å²) in [6.45, 7) is 1.03. The van der Waals surface area contributed by atoms with Crippen LogP contribution in [0.3, 0.4) is 0 Å². The predicted octanol–water partition coefficient (Wildman–Crippen LogP) is 3.46. The molecule has 2 aromatic rings. The van der Waals surface area contributed by atoms with Crippen molar-refractivity contribution in [2.75, 3.05) is 11.9 Å². The van der Waals surface area contributed by atoms with Crippen molar-refractivity contribution in [3.8, 4) is 0 Å². The molecule has 0 aliphatic rings. The molecule has 0 fully saturated rings. The first-order valence-corrected chi connectivity index (χ1v) is 6.06. The van der Waals surface area contributed by atoms with Crippen LogP contribution in [0.5, 0.6) is 0 Å². The van der Waals surface area contributed by atoms with E-state index in [0.29, 0.717) is 0 Å². The standard InChI is InChI=1S/C10H11NS2/c1-2-10(13-6-1)3-5-11-9-4-7-12-8-9/h1-2,4,6-8,11H,3,5H2. The molecule has 13 heavy (non-hydrogen) atoms. The fourth-order valence-electron chi connectivity index (χ4n) is 1.15. The fourth-order valence-corrected chi connectivity index (χ4v) is 2.47. The lowest BCUT2D eigenvalue weighted by molar-refractivity contribution is 1.05. The first kappa shape index (κ1) is 8.78. The third-order valence-corrected chi connectivity index (χ3v) is 3.42. The van der Waals surface area contributed by atoms with Gasteiger partial charge in [-0.1, -0.05) is 6.07 Å². The Balaban J connectivity index is 1.76. The van der Waals surface area contributed by atoms with Crippen molar-refractivity contribution >= 4 is 28.4 Å². The molecule has 0 saturated carbocycles. The summed E-state index contributed by atoms with van der Waals surface area (Å²) in [6.07, 6.45) is 1.12. The highest BCUT2D eigenvalue weighted by molar-refractivity contribution is 7.09. The fraction of sp³-hybridized carbons (Fsp3) is 0.200. The van der Waals surface area contributed by atoms with Gasteiger partial charge in [-0.05, 0) is 29.3 Å². The van der Waals surface area contributed by atoms with Crippen LogP contribution in [0.4, 0.5) is 5.69 Å². The Bertz CT molecular complexity index is 289. The molecule has 0 unspecified atom stereocenters. The van der Waals surface area contributed by atoms with Crippen molar-refractivity contribution in [2.24, 2.45) is 0 Å². The maximum atomic E-state index is 3.38. The normalized spacial score (nSPS) is 10.2. The van der Waals surface area contributed by atoms with Crippen LogP contribution in [-0.2, 0) is 6.42 Å². The Labute approximate surface area is 86.0 Å². The first-order valence-electron chi connectivity index (χ1n) is 4.23. The molecule has 3 heteroatoms. The molecule has 0 amide bonds. The lowest BCUT2D eigenvalue weighted by atomic mass is 10.3. The van der Waals surface area contributed by atoms with Gasteiger partial charge in [-0.2, -0.15) is 11.3 Å². The van der Waals surface area contributed by atoms with Crippen LogP contribution in [0.1, 0.15) is 4.88 Å². The topological polar surface area (TPSA) is 12.0 Å². The van der Waals surface area contributed by atoms with Crippen LogP contribution in [0, 0.1) is 0 Å². The SMILES string of the molecule is c1csc(CCNc2ccsc2)c1. The van der Waals surface area contributed by atoms with E-state index < -0.39 is 0 Å². The molecule has 2 rings (SSSR count). The van der Waals surface area contributed by atoms with Gasteiger partial charge >= 0.3 is 0 Å². The zero-order chi connectivity index (χ0) is 8.93. The molecular formula is C10H11NS2. The summed E-state index contributed by atoms with van der Waals surface area (Å²) >= 11 is 3.55. The molecule has 0 saturated heterocycles. The van der Waals surface area contributed by atoms with Crippen LogP contribution in [0.25, 0.3) is 0 Å². The van der Waals surface area contributed by atoms with E-state index >= 15 is 0 Å². The van der Waals surface area contributed by atoms with Gasteiger partial charge in [0.2, 0.25) is 0 Å². The van der Waals surface area contributed by atoms with Crippen molar-refractivity contribution < 1.29 is 0 Å². The van der Waals surface area contributed by atoms with Crippen molar-refractivity contribution in [1.29, 1.82) is 0 Å². The van der Waals surface area contributed by atoms with Crippen molar-refractivity contribution in [3.63, 3.8) is 0 Å². The average molecular weight is 209 g/mol. The van der Waals surface area contributed by atoms with E-state index in [-0.39, 0.29) is 0 Å². The molecule has 2 aromatic heterocycles. The van der Waals surface area contributed by atoms with Crippen molar-refractivity contribution in [1.82, 2.24) is 0 Å². The van der Waals surface area contributed by atoms with E-state index in [9.17, 15) is 0 Å². The van der Waals surface area contributed by atoms with Crippen LogP contribution in [0.15, 0.2) is 34.3 Å². The molecule has 0 aliphatic heterocycles. The zero-order valence-corrected chi connectivity index (χ0v) is 8.83. The van der Waals surface area contributed by atoms with E-state index in [1.807, 2.05) is 11.3 Å². The summed E-state index contributed by atoms with van der Waals surface area (Å²) in [5.74, 6) is 0. The average Bonchev–Trinajstić information content (AvgIpc) is 2.75. The van der Waals surface area contributed by atoms with Crippen LogP contribution in [0.2, 0.25) is 0 Å². The van der Waals surface area contributed by atoms with Gasteiger partial charge in [-0.3, -0.25) is 0 Å². The molecule has 0 atom stereocenters. The smallest absolute Gasteiger partial charge is 0.0448 e. The second-order valence-corrected chi connectivity index (χ2v) is 4.58. The first-order chi connectivity index (χ1) is 6.45. The van der Waals surface area contributed by atoms with Crippen LogP contribution < -0.4 is 5.32 Å². The van der Waals surface area contributed by atoms with Crippen molar-refractivity contribution in [3.05, 3.63) is 39.2 Å². The molecule has 2 heterocycles. The van der Waals surface area contributed by atoms with Gasteiger partial charge in [-0.25, -0.2) is 0 Å². The maximum absolute atomic E-state index is 3.38. The van der Waals surface area contributed by atoms with Crippen LogP contribution in [-0.4, -0.2) is 6.54 Å². The van der Waals surface area contributed by atoms with Gasteiger partial charge in [0.1, 0.15) is 0 Å². The molecular weight excluding hydrogens is 198 g/mol. The summed E-state index contributed by atoms with van der Waals surface area (Å²) < 4.78 is 0. The van der Waals surface area contributed by atoms with Crippen LogP contribution >= 0.6 is 22.7 Å². The largest absolute Gasteiger partial charge is 0.384 e. The summed E-state index contributed by atoms with van der Waals surface area (Å²) in [7, 11) is 0. The molecule has 68 valence electrons. The van der Waals surface area contributed by atoms with E-state index in [4.69, 9.17) is 0 Å². The van der Waals surface area contributed by atoms with Gasteiger partial charge in [-0.15, -0.1) is 11.3 Å². The van der Waals surface area contributed by atoms with Gasteiger partial charge in [0.25, 0.3) is 0 Å². The molecule has 1 N–H and O–H groups in total. The minimum absolute atomic E-state index is 1.03. The summed E-state index contributed by atoms with van der Waals surface area (Å²) in [5, 5.41) is 9.73. The van der Waals surface area contributed by atoms with Gasteiger partial charge in [0, 0.05) is 22.5 Å². The van der Waals surface area contributed by atoms with Gasteiger partial charge in [0.05, 0.1) is 0 Å². The van der Waals surface area contributed by atoms with E-state index in [0.717, 1.165) is 13.0 Å². The third-order valence-electron chi connectivity index (χ3n) is 1.80. The van der Waals surface area contributed by atoms with E-state index in [1.54, 1.807) is 11.3 Å². The summed E-state index contributed by atoms with van der Waals surface area (Å²) in [4.78, 5) is 1.45. The van der Waals surface area contributed by atoms with E-state index in [1.165, 1.54) is 10.6 Å². The number of hydrogen-bond donors (Lipinski definition) is 1. The summed E-state index contributed by atoms with van der Waals surface area (Å²) in [6, 6.07) is 6.39. The second kappa shape index (κ2) is 4.44. The zero-order valence-electron chi connectivity index (χ0n) is 7.19. The highest BCUT2D eigenvalue weighted by Crippen LogP contribution is 2.13. The van der Waals surface area contributed by atoms with Gasteiger partial charge in [0.15, 0.2) is 0 Å². The monoisotopic (exact) mass is 209 g/mol. The highest BCUT2D eigenvalue weighted by atomic mass is 32.1. The molecule has 1 nitrogen and oxygen atoms in total. The number of nitrogens with one attached hydrogen (secondary N) is 1. The molecule has 0 radical (unpaired) electrons. The third kappa shape index (κ3) is 2.57. The Kier molecular flexibility index (Phi) is 3.00. The number of anilines is 1. The van der Waals surface area contributed by atoms with E-state index in [2.05, 4.69) is 39.7 Å². The Morgan fingerprint density at radius 1 is 1.23 bits per heavy atom. The summed E-state index contributed by atoms with van der Waals surface area (Å²) in [5.41, 5.74) is 1.24. The number of hydrogen-bond acceptors (Lipinski definition) is 3. The lowest BCUT2D eigenvalue weighted by Crippen LogP contribution is -2.02. The minimum Gasteiger partial charge on any atom is -0.384 e. The maximum Gasteiger partial charge on any atom is 0.0448 e. The minimum atomic E-state index is 1.03. The predicted molar refractivity (Wildman–Crippen MR) is 60.8 cm³/mol. The van der Waals surface area contributed by atoms with Gasteiger partial charge < -0.3 is 5.32 Å². The highest BCUT2D eigenvalue weighted by Gasteiger charge is 1.94. The number of thiophene rings is 2. The molecule has 0 spiro atoms. The molecule has 0 aromatic carbocycles. The van der Waals surface area contributed by atoms with Crippen molar-refractivity contribution in [2.45, 2.75) is 6.42 Å². The lowest BCUT2D eigenvalue weighted by Gasteiger charge is -2.01. The second-order valence-electron chi connectivity index (χ2n) is 2.77. The Morgan fingerprint density at radius 2 is 2.23 bits per heavy atom. The molecule has 0 aliphatic carbocycles. The molecule has 0 bridgehead atoms. The number of rotatable bonds is 4. The quantitative estimate of drug-likeness (QED) is 0.813. The Hall–Kier alpha value is -0.800.